The second kappa shape index (κ2) is 8.52. The van der Waals surface area contributed by atoms with Crippen LogP contribution >= 0.6 is 0 Å². The Kier molecular flexibility index (Phi) is 6.12. The van der Waals surface area contributed by atoms with Crippen LogP contribution in [0.1, 0.15) is 62.5 Å². The van der Waals surface area contributed by atoms with Crippen molar-refractivity contribution in [2.75, 3.05) is 0 Å². The summed E-state index contributed by atoms with van der Waals surface area (Å²) in [5.74, 6) is 2.51. The molecule has 1 fully saturated rings. The lowest BCUT2D eigenvalue weighted by molar-refractivity contribution is -0.122. The number of benzene rings is 1. The van der Waals surface area contributed by atoms with Crippen LogP contribution < -0.4 is 5.32 Å². The van der Waals surface area contributed by atoms with Crippen molar-refractivity contribution in [3.63, 3.8) is 0 Å². The van der Waals surface area contributed by atoms with Crippen LogP contribution in [0.4, 0.5) is 0 Å². The van der Waals surface area contributed by atoms with Gasteiger partial charge in [0.05, 0.1) is 5.69 Å². The lowest BCUT2D eigenvalue weighted by Crippen LogP contribution is -2.37. The summed E-state index contributed by atoms with van der Waals surface area (Å²) in [6.07, 6.45) is 6.82. The molecule has 0 spiro atoms. The van der Waals surface area contributed by atoms with Crippen molar-refractivity contribution in [1.82, 2.24) is 10.3 Å². The summed E-state index contributed by atoms with van der Waals surface area (Å²) < 4.78 is 5.86. The highest BCUT2D eigenvalue weighted by molar-refractivity contribution is 5.76. The Bertz CT molecular complexity index is 742. The SMILES string of the molecule is Cc1ccccc1-c1nc(CCCC(=O)NC2CCC(C)CC2)c(C)o1. The predicted molar refractivity (Wildman–Crippen MR) is 104 cm³/mol. The van der Waals surface area contributed by atoms with E-state index in [-0.39, 0.29) is 5.91 Å². The fraction of sp³-hybridized carbons (Fsp3) is 0.545. The van der Waals surface area contributed by atoms with E-state index in [0.29, 0.717) is 18.4 Å². The molecule has 4 heteroatoms. The van der Waals surface area contributed by atoms with Gasteiger partial charge < -0.3 is 9.73 Å². The summed E-state index contributed by atoms with van der Waals surface area (Å²) in [7, 11) is 0. The first kappa shape index (κ1) is 18.7. The number of oxazole rings is 1. The number of hydrogen-bond acceptors (Lipinski definition) is 3. The third-order valence-corrected chi connectivity index (χ3v) is 5.47. The third-order valence-electron chi connectivity index (χ3n) is 5.47. The van der Waals surface area contributed by atoms with E-state index in [2.05, 4.69) is 30.2 Å². The molecule has 2 aromatic rings. The van der Waals surface area contributed by atoms with Crippen molar-refractivity contribution in [3.8, 4) is 11.5 Å². The molecule has 1 aromatic heterocycles. The van der Waals surface area contributed by atoms with Gasteiger partial charge in [0, 0.05) is 18.0 Å². The number of aromatic nitrogens is 1. The standard InChI is InChI=1S/C22H30N2O2/c1-15-11-13-18(14-12-15)23-21(25)10-6-9-20-17(3)26-22(24-20)19-8-5-4-7-16(19)2/h4-5,7-8,15,18H,6,9-14H2,1-3H3,(H,23,25). The molecule has 0 saturated heterocycles. The molecule has 0 atom stereocenters. The molecular formula is C22H30N2O2. The van der Waals surface area contributed by atoms with Crippen LogP contribution in [-0.2, 0) is 11.2 Å². The van der Waals surface area contributed by atoms with Crippen LogP contribution in [0.2, 0.25) is 0 Å². The average Bonchev–Trinajstić information content (AvgIpc) is 2.98. The number of hydrogen-bond donors (Lipinski definition) is 1. The van der Waals surface area contributed by atoms with Gasteiger partial charge in [-0.15, -0.1) is 0 Å². The molecule has 0 aliphatic heterocycles. The zero-order chi connectivity index (χ0) is 18.5. The summed E-state index contributed by atoms with van der Waals surface area (Å²) in [4.78, 5) is 16.8. The summed E-state index contributed by atoms with van der Waals surface area (Å²) in [6.45, 7) is 6.31. The van der Waals surface area contributed by atoms with Crippen LogP contribution in [0.15, 0.2) is 28.7 Å². The van der Waals surface area contributed by atoms with Crippen LogP contribution in [0.25, 0.3) is 11.5 Å². The molecule has 0 unspecified atom stereocenters. The average molecular weight is 354 g/mol. The second-order valence-corrected chi connectivity index (χ2v) is 7.71. The monoisotopic (exact) mass is 354 g/mol. The maximum atomic E-state index is 12.2. The van der Waals surface area contributed by atoms with Crippen molar-refractivity contribution in [2.24, 2.45) is 5.92 Å². The molecule has 1 aliphatic rings. The van der Waals surface area contributed by atoms with Crippen molar-refractivity contribution in [3.05, 3.63) is 41.3 Å². The summed E-state index contributed by atoms with van der Waals surface area (Å²) in [5, 5.41) is 3.20. The predicted octanol–water partition coefficient (Wildman–Crippen LogP) is 4.98. The third kappa shape index (κ3) is 4.75. The van der Waals surface area contributed by atoms with E-state index in [4.69, 9.17) is 4.42 Å². The zero-order valence-electron chi connectivity index (χ0n) is 16.2. The first-order valence-electron chi connectivity index (χ1n) is 9.84. The van der Waals surface area contributed by atoms with Crippen LogP contribution in [-0.4, -0.2) is 16.9 Å². The second-order valence-electron chi connectivity index (χ2n) is 7.71. The van der Waals surface area contributed by atoms with E-state index in [9.17, 15) is 4.79 Å². The first-order chi connectivity index (χ1) is 12.5. The van der Waals surface area contributed by atoms with Crippen LogP contribution in [0.5, 0.6) is 0 Å². The van der Waals surface area contributed by atoms with Gasteiger partial charge in [-0.1, -0.05) is 25.1 Å². The Labute approximate surface area is 156 Å². The highest BCUT2D eigenvalue weighted by atomic mass is 16.4. The largest absolute Gasteiger partial charge is 0.441 e. The summed E-state index contributed by atoms with van der Waals surface area (Å²) in [6, 6.07) is 8.48. The highest BCUT2D eigenvalue weighted by Gasteiger charge is 2.19. The Balaban J connectivity index is 1.49. The quantitative estimate of drug-likeness (QED) is 0.796. The number of rotatable bonds is 6. The van der Waals surface area contributed by atoms with Crippen molar-refractivity contribution >= 4 is 5.91 Å². The molecule has 1 N–H and O–H groups in total. The Morgan fingerprint density at radius 2 is 1.92 bits per heavy atom. The Morgan fingerprint density at radius 3 is 2.65 bits per heavy atom. The molecule has 1 aliphatic carbocycles. The lowest BCUT2D eigenvalue weighted by Gasteiger charge is -2.26. The minimum Gasteiger partial charge on any atom is -0.441 e. The zero-order valence-corrected chi connectivity index (χ0v) is 16.2. The van der Waals surface area contributed by atoms with E-state index in [1.807, 2.05) is 25.1 Å². The Hall–Kier alpha value is -2.10. The number of carbonyl (C=O) groups is 1. The van der Waals surface area contributed by atoms with E-state index >= 15 is 0 Å². The molecule has 1 amide bonds. The molecule has 1 aromatic carbocycles. The van der Waals surface area contributed by atoms with Gasteiger partial charge in [-0.3, -0.25) is 4.79 Å². The fourth-order valence-corrected chi connectivity index (χ4v) is 3.71. The smallest absolute Gasteiger partial charge is 0.226 e. The van der Waals surface area contributed by atoms with E-state index in [1.54, 1.807) is 0 Å². The number of aryl methyl sites for hydroxylation is 3. The molecule has 140 valence electrons. The molecule has 0 bridgehead atoms. The van der Waals surface area contributed by atoms with Gasteiger partial charge in [0.1, 0.15) is 5.76 Å². The van der Waals surface area contributed by atoms with Gasteiger partial charge in [0.15, 0.2) is 0 Å². The minimum absolute atomic E-state index is 0.171. The summed E-state index contributed by atoms with van der Waals surface area (Å²) in [5.41, 5.74) is 3.15. The maximum Gasteiger partial charge on any atom is 0.226 e. The number of nitrogens with one attached hydrogen (secondary N) is 1. The molecule has 0 radical (unpaired) electrons. The molecule has 1 saturated carbocycles. The minimum atomic E-state index is 0.171. The topological polar surface area (TPSA) is 55.1 Å². The summed E-state index contributed by atoms with van der Waals surface area (Å²) >= 11 is 0. The van der Waals surface area contributed by atoms with Crippen molar-refractivity contribution in [2.45, 2.75) is 71.8 Å². The van der Waals surface area contributed by atoms with E-state index in [0.717, 1.165) is 54.2 Å². The molecule has 1 heterocycles. The van der Waals surface area contributed by atoms with Gasteiger partial charge in [0.25, 0.3) is 0 Å². The molecule has 4 nitrogen and oxygen atoms in total. The van der Waals surface area contributed by atoms with Crippen LogP contribution in [0.3, 0.4) is 0 Å². The van der Waals surface area contributed by atoms with Crippen molar-refractivity contribution in [1.29, 1.82) is 0 Å². The van der Waals surface area contributed by atoms with E-state index < -0.39 is 0 Å². The Morgan fingerprint density at radius 1 is 1.19 bits per heavy atom. The van der Waals surface area contributed by atoms with Gasteiger partial charge in [-0.2, -0.15) is 0 Å². The molecular weight excluding hydrogens is 324 g/mol. The van der Waals surface area contributed by atoms with Gasteiger partial charge in [-0.05, 0) is 69.9 Å². The highest BCUT2D eigenvalue weighted by Crippen LogP contribution is 2.26. The van der Waals surface area contributed by atoms with Gasteiger partial charge in [-0.25, -0.2) is 4.98 Å². The van der Waals surface area contributed by atoms with Gasteiger partial charge in [0.2, 0.25) is 11.8 Å². The fourth-order valence-electron chi connectivity index (χ4n) is 3.71. The molecule has 26 heavy (non-hydrogen) atoms. The van der Waals surface area contributed by atoms with Crippen molar-refractivity contribution < 1.29 is 9.21 Å². The number of nitrogens with zero attached hydrogens (tertiary/aromatic N) is 1. The van der Waals surface area contributed by atoms with E-state index in [1.165, 1.54) is 12.8 Å². The van der Waals surface area contributed by atoms with Gasteiger partial charge >= 0.3 is 0 Å². The lowest BCUT2D eigenvalue weighted by atomic mass is 9.87. The number of amides is 1. The first-order valence-corrected chi connectivity index (χ1v) is 9.84. The molecule has 3 rings (SSSR count). The number of carbonyl (C=O) groups excluding carboxylic acids is 1. The van der Waals surface area contributed by atoms with Crippen LogP contribution in [0, 0.1) is 19.8 Å². The normalized spacial score (nSPS) is 20.1. The maximum absolute atomic E-state index is 12.2.